The van der Waals surface area contributed by atoms with Crippen LogP contribution in [0.3, 0.4) is 0 Å². The number of hydrogen-bond donors (Lipinski definition) is 0. The maximum absolute atomic E-state index is 13.1. The van der Waals surface area contributed by atoms with Crippen LogP contribution in [0.5, 0.6) is 0 Å². The molecular weight excluding hydrogens is 338 g/mol. The van der Waals surface area contributed by atoms with Crippen molar-refractivity contribution in [3.63, 3.8) is 0 Å². The van der Waals surface area contributed by atoms with E-state index in [-0.39, 0.29) is 11.2 Å². The van der Waals surface area contributed by atoms with Gasteiger partial charge >= 0.3 is 5.69 Å². The van der Waals surface area contributed by atoms with Crippen LogP contribution in [0.1, 0.15) is 50.1 Å². The molecule has 0 atom stereocenters. The number of hydrogen-bond acceptors (Lipinski definition) is 2. The van der Waals surface area contributed by atoms with Gasteiger partial charge in [-0.15, -0.1) is 0 Å². The van der Waals surface area contributed by atoms with Gasteiger partial charge in [0.1, 0.15) is 0 Å². The normalized spacial score (nSPS) is 16.0. The lowest BCUT2D eigenvalue weighted by atomic mass is 10.0. The number of fused-ring (bicyclic) bond motifs is 1. The summed E-state index contributed by atoms with van der Waals surface area (Å²) in [4.78, 5) is 25.6. The van der Waals surface area contributed by atoms with Crippen molar-refractivity contribution in [3.05, 3.63) is 56.9 Å². The topological polar surface area (TPSA) is 48.9 Å². The Balaban J connectivity index is 2.11. The number of aryl methyl sites for hydroxylation is 2. The van der Waals surface area contributed by atoms with Gasteiger partial charge in [-0.1, -0.05) is 49.9 Å². The summed E-state index contributed by atoms with van der Waals surface area (Å²) in [5.41, 5.74) is 3.42. The third-order valence-corrected chi connectivity index (χ3v) is 6.08. The molecule has 0 bridgehead atoms. The molecule has 2 heterocycles. The summed E-state index contributed by atoms with van der Waals surface area (Å²) in [6.45, 7) is 2.08. The van der Waals surface area contributed by atoms with Crippen molar-refractivity contribution in [3.8, 4) is 11.3 Å². The van der Waals surface area contributed by atoms with E-state index in [1.165, 1.54) is 30.3 Å². The van der Waals surface area contributed by atoms with Gasteiger partial charge in [-0.05, 0) is 25.3 Å². The molecule has 0 amide bonds. The first-order valence-electron chi connectivity index (χ1n) is 9.87. The van der Waals surface area contributed by atoms with Crippen LogP contribution < -0.4 is 11.2 Å². The fourth-order valence-corrected chi connectivity index (χ4v) is 4.50. The summed E-state index contributed by atoms with van der Waals surface area (Å²) in [5, 5.41) is 0.651. The van der Waals surface area contributed by atoms with E-state index < -0.39 is 0 Å². The fraction of sp³-hybridized carbons (Fsp3) is 0.455. The smallest absolute Gasteiger partial charge is 0.330 e. The minimum atomic E-state index is -0.276. The molecule has 1 aliphatic carbocycles. The van der Waals surface area contributed by atoms with E-state index in [1.807, 2.05) is 18.3 Å². The molecule has 27 heavy (non-hydrogen) atoms. The highest BCUT2D eigenvalue weighted by molar-refractivity contribution is 5.94. The van der Waals surface area contributed by atoms with Gasteiger partial charge < -0.3 is 4.57 Å². The first-order chi connectivity index (χ1) is 13.0. The Hall–Kier alpha value is -2.56. The molecule has 5 heteroatoms. The van der Waals surface area contributed by atoms with Crippen molar-refractivity contribution >= 4 is 10.9 Å². The average Bonchev–Trinajstić information content (AvgIpc) is 2.86. The quantitative estimate of drug-likeness (QED) is 0.647. The zero-order valence-corrected chi connectivity index (χ0v) is 16.4. The summed E-state index contributed by atoms with van der Waals surface area (Å²) >= 11 is 0. The van der Waals surface area contributed by atoms with Crippen molar-refractivity contribution in [1.82, 2.24) is 13.7 Å². The zero-order chi connectivity index (χ0) is 19.1. The highest BCUT2D eigenvalue weighted by Gasteiger charge is 2.24. The maximum Gasteiger partial charge on any atom is 0.330 e. The molecule has 142 valence electrons. The molecule has 3 aromatic rings. The Morgan fingerprint density at radius 3 is 2.26 bits per heavy atom. The third-order valence-electron chi connectivity index (χ3n) is 6.08. The number of aromatic nitrogens is 3. The highest BCUT2D eigenvalue weighted by Crippen LogP contribution is 2.37. The maximum atomic E-state index is 13.1. The highest BCUT2D eigenvalue weighted by atomic mass is 16.2. The molecule has 5 nitrogen and oxygen atoms in total. The van der Waals surface area contributed by atoms with Crippen LogP contribution in [0, 0.1) is 6.92 Å². The number of nitrogens with zero attached hydrogens (tertiary/aromatic N) is 3. The summed E-state index contributed by atoms with van der Waals surface area (Å²) in [6.07, 6.45) is 9.25. The van der Waals surface area contributed by atoms with Crippen molar-refractivity contribution < 1.29 is 0 Å². The lowest BCUT2D eigenvalue weighted by molar-refractivity contribution is 0.449. The molecule has 0 spiro atoms. The Morgan fingerprint density at radius 1 is 0.926 bits per heavy atom. The van der Waals surface area contributed by atoms with E-state index in [0.29, 0.717) is 11.4 Å². The predicted molar refractivity (Wildman–Crippen MR) is 109 cm³/mol. The Labute approximate surface area is 158 Å². The molecule has 4 rings (SSSR count). The lowest BCUT2D eigenvalue weighted by Gasteiger charge is -2.21. The Morgan fingerprint density at radius 2 is 1.59 bits per heavy atom. The average molecular weight is 365 g/mol. The minimum absolute atomic E-state index is 0.210. The molecule has 1 fully saturated rings. The molecule has 1 aliphatic rings. The van der Waals surface area contributed by atoms with Crippen molar-refractivity contribution in [2.75, 3.05) is 0 Å². The molecule has 0 N–H and O–H groups in total. The fourth-order valence-electron chi connectivity index (χ4n) is 4.50. The van der Waals surface area contributed by atoms with Crippen LogP contribution in [0.15, 0.2) is 40.1 Å². The molecular formula is C22H27N3O2. The molecule has 0 aliphatic heterocycles. The van der Waals surface area contributed by atoms with Gasteiger partial charge in [-0.2, -0.15) is 0 Å². The van der Waals surface area contributed by atoms with Crippen LogP contribution in [0.25, 0.3) is 22.2 Å². The number of rotatable bonds is 2. The van der Waals surface area contributed by atoms with E-state index in [2.05, 4.69) is 23.6 Å². The standard InChI is InChI=1S/C22H27N3O2/c1-15-10-8-9-13-17(15)20-19-18(23(2)22(27)24(3)21(19)26)14-25(20)16-11-6-4-5-7-12-16/h8-10,13-14,16H,4-7,11-12H2,1-3H3. The minimum Gasteiger partial charge on any atom is -0.342 e. The zero-order valence-electron chi connectivity index (χ0n) is 16.4. The first-order valence-corrected chi connectivity index (χ1v) is 9.87. The monoisotopic (exact) mass is 365 g/mol. The Kier molecular flexibility index (Phi) is 4.54. The van der Waals surface area contributed by atoms with Crippen molar-refractivity contribution in [2.45, 2.75) is 51.5 Å². The molecule has 1 aromatic carbocycles. The molecule has 2 aromatic heterocycles. The van der Waals surface area contributed by atoms with Gasteiger partial charge in [0.05, 0.1) is 16.6 Å². The van der Waals surface area contributed by atoms with Crippen LogP contribution in [-0.4, -0.2) is 13.7 Å². The molecule has 0 unspecified atom stereocenters. The van der Waals surface area contributed by atoms with Gasteiger partial charge in [0, 0.05) is 31.9 Å². The molecule has 1 saturated carbocycles. The second-order valence-electron chi connectivity index (χ2n) is 7.81. The van der Waals surface area contributed by atoms with Crippen LogP contribution in [0.2, 0.25) is 0 Å². The van der Waals surface area contributed by atoms with Crippen LogP contribution >= 0.6 is 0 Å². The lowest BCUT2D eigenvalue weighted by Crippen LogP contribution is -2.36. The largest absolute Gasteiger partial charge is 0.342 e. The SMILES string of the molecule is Cc1ccccc1-c1c2c(=O)n(C)c(=O)n(C)c2cn1C1CCCCCC1. The van der Waals surface area contributed by atoms with E-state index in [9.17, 15) is 9.59 Å². The van der Waals surface area contributed by atoms with Gasteiger partial charge in [0.15, 0.2) is 0 Å². The summed E-state index contributed by atoms with van der Waals surface area (Å²) in [6, 6.07) is 8.58. The Bertz CT molecular complexity index is 1110. The summed E-state index contributed by atoms with van der Waals surface area (Å²) in [7, 11) is 3.32. The molecule has 0 radical (unpaired) electrons. The van der Waals surface area contributed by atoms with Crippen molar-refractivity contribution in [2.24, 2.45) is 14.1 Å². The van der Waals surface area contributed by atoms with E-state index >= 15 is 0 Å². The van der Waals surface area contributed by atoms with E-state index in [4.69, 9.17) is 0 Å². The van der Waals surface area contributed by atoms with Crippen molar-refractivity contribution in [1.29, 1.82) is 0 Å². The first kappa shape index (κ1) is 17.8. The van der Waals surface area contributed by atoms with Gasteiger partial charge in [0.2, 0.25) is 0 Å². The third kappa shape index (κ3) is 2.85. The van der Waals surface area contributed by atoms with Crippen LogP contribution in [0.4, 0.5) is 0 Å². The van der Waals surface area contributed by atoms with E-state index in [1.54, 1.807) is 18.7 Å². The summed E-state index contributed by atoms with van der Waals surface area (Å²) < 4.78 is 5.12. The van der Waals surface area contributed by atoms with Crippen LogP contribution in [-0.2, 0) is 14.1 Å². The second-order valence-corrected chi connectivity index (χ2v) is 7.81. The van der Waals surface area contributed by atoms with Gasteiger partial charge in [-0.3, -0.25) is 13.9 Å². The predicted octanol–water partition coefficient (Wildman–Crippen LogP) is 3.91. The van der Waals surface area contributed by atoms with Gasteiger partial charge in [0.25, 0.3) is 5.56 Å². The molecule has 0 saturated heterocycles. The summed E-state index contributed by atoms with van der Waals surface area (Å²) in [5.74, 6) is 0. The van der Waals surface area contributed by atoms with Gasteiger partial charge in [-0.25, -0.2) is 4.79 Å². The number of benzene rings is 1. The van der Waals surface area contributed by atoms with E-state index in [0.717, 1.165) is 35.2 Å². The second kappa shape index (κ2) is 6.87.